The van der Waals surface area contributed by atoms with Gasteiger partial charge in [0.25, 0.3) is 0 Å². The zero-order valence-electron chi connectivity index (χ0n) is 6.28. The third kappa shape index (κ3) is 3.46. The van der Waals surface area contributed by atoms with Crippen LogP contribution < -0.4 is 3.07 Å². The van der Waals surface area contributed by atoms with E-state index in [1.165, 1.54) is 6.92 Å². The van der Waals surface area contributed by atoms with Gasteiger partial charge >= 0.3 is 77.9 Å². The summed E-state index contributed by atoms with van der Waals surface area (Å²) in [6.07, 6.45) is 3.48. The van der Waals surface area contributed by atoms with E-state index < -0.39 is 25.0 Å². The summed E-state index contributed by atoms with van der Waals surface area (Å²) in [6, 6.07) is 3.82. The Morgan fingerprint density at radius 1 is 1.73 bits per heavy atom. The Morgan fingerprint density at radius 2 is 2.55 bits per heavy atom. The Morgan fingerprint density at radius 3 is 3.09 bits per heavy atom. The summed E-state index contributed by atoms with van der Waals surface area (Å²) < 4.78 is 6.10. The molecule has 1 aromatic rings. The van der Waals surface area contributed by atoms with Crippen LogP contribution in [0.15, 0.2) is 24.5 Å². The van der Waals surface area contributed by atoms with Crippen molar-refractivity contribution < 1.29 is 32.5 Å². The van der Waals surface area contributed by atoms with Crippen LogP contribution in [0.25, 0.3) is 0 Å². The summed E-state index contributed by atoms with van der Waals surface area (Å²) in [6.45, 7) is 1.44. The molecule has 0 fully saturated rings. The Bertz CT molecular complexity index is 237. The second-order valence-electron chi connectivity index (χ2n) is 2.14. The fourth-order valence-corrected chi connectivity index (χ4v) is 3.71. The molecule has 0 aromatic carbocycles. The number of hydrogen-bond donors (Lipinski definition) is 0. The number of nitrogens with zero attached hydrogens (tertiary/aromatic N) is 1. The Balaban J connectivity index is 2.45. The number of aromatic nitrogens is 1. The number of hydrogen-bond acceptors (Lipinski definition) is 3. The van der Waals surface area contributed by atoms with Gasteiger partial charge in [-0.3, -0.25) is 0 Å². The van der Waals surface area contributed by atoms with E-state index >= 15 is 0 Å². The van der Waals surface area contributed by atoms with Gasteiger partial charge in [-0.05, 0) is 0 Å². The zero-order valence-corrected chi connectivity index (χ0v) is 11.8. The molecule has 0 saturated carbocycles. The molecule has 0 aliphatic carbocycles. The van der Waals surface area contributed by atoms with Gasteiger partial charge in [0.2, 0.25) is 0 Å². The first-order valence-corrected chi connectivity index (χ1v) is 8.30. The van der Waals surface area contributed by atoms with Crippen molar-refractivity contribution in [3.8, 4) is 0 Å². The first-order valence-electron chi connectivity index (χ1n) is 3.31. The molecular weight excluding hydrogens is 331 g/mol. The third-order valence-corrected chi connectivity index (χ3v) is 6.23. The summed E-state index contributed by atoms with van der Waals surface area (Å²) in [7, 11) is 0. The van der Waals surface area contributed by atoms with E-state index in [9.17, 15) is 4.79 Å². The third-order valence-electron chi connectivity index (χ3n) is 1.16. The van der Waals surface area contributed by atoms with Crippen molar-refractivity contribution in [3.63, 3.8) is 0 Å². The maximum atomic E-state index is 10.4. The van der Waals surface area contributed by atoms with Crippen LogP contribution in [-0.4, -0.2) is 11.0 Å². The number of rotatable bonds is 2. The van der Waals surface area contributed by atoms with Crippen LogP contribution in [0.3, 0.4) is 0 Å². The Kier molecular flexibility index (Phi) is 3.49. The number of carbonyl (C=O) groups excluding carboxylic acids is 1. The predicted molar refractivity (Wildman–Crippen MR) is 35.6 cm³/mol. The van der Waals surface area contributed by atoms with Crippen molar-refractivity contribution >= 4 is 9.04 Å². The second kappa shape index (κ2) is 4.44. The minimum absolute atomic E-state index is 0.171. The normalized spacial score (nSPS) is 8.45. The average Bonchev–Trinajstić information content (AvgIpc) is 2.03. The van der Waals surface area contributed by atoms with Crippen molar-refractivity contribution in [2.75, 3.05) is 0 Å². The van der Waals surface area contributed by atoms with Gasteiger partial charge in [-0.15, -0.1) is 0 Å². The van der Waals surface area contributed by atoms with E-state index in [2.05, 4.69) is 4.98 Å². The van der Waals surface area contributed by atoms with Gasteiger partial charge in [-0.1, -0.05) is 0 Å². The van der Waals surface area contributed by atoms with Crippen molar-refractivity contribution in [2.24, 2.45) is 0 Å². The summed E-state index contributed by atoms with van der Waals surface area (Å²) in [5.41, 5.74) is 0. The summed E-state index contributed by atoms with van der Waals surface area (Å²) in [4.78, 5) is 14.4. The van der Waals surface area contributed by atoms with Gasteiger partial charge in [0, 0.05) is 0 Å². The fraction of sp³-hybridized carbons (Fsp3) is 0.143. The second-order valence-corrected chi connectivity index (χ2v) is 7.56. The van der Waals surface area contributed by atoms with Crippen LogP contribution in [0.4, 0.5) is 0 Å². The molecular formula is C7H7HgNO2. The zero-order chi connectivity index (χ0) is 8.10. The minimum atomic E-state index is -1.58. The van der Waals surface area contributed by atoms with Crippen LogP contribution in [0.1, 0.15) is 6.92 Å². The van der Waals surface area contributed by atoms with E-state index in [1.54, 1.807) is 12.4 Å². The van der Waals surface area contributed by atoms with Gasteiger partial charge in [0.15, 0.2) is 0 Å². The topological polar surface area (TPSA) is 39.2 Å². The van der Waals surface area contributed by atoms with Gasteiger partial charge in [0.1, 0.15) is 0 Å². The molecule has 11 heavy (non-hydrogen) atoms. The van der Waals surface area contributed by atoms with Gasteiger partial charge in [0.05, 0.1) is 0 Å². The molecule has 54 valence electrons. The predicted octanol–water partition coefficient (Wildman–Crippen LogP) is 0.267. The monoisotopic (exact) mass is 339 g/mol. The molecule has 0 saturated heterocycles. The van der Waals surface area contributed by atoms with Crippen molar-refractivity contribution in [1.82, 2.24) is 4.98 Å². The average molecular weight is 338 g/mol. The molecule has 0 amide bonds. The van der Waals surface area contributed by atoms with Crippen molar-refractivity contribution in [3.05, 3.63) is 24.5 Å². The van der Waals surface area contributed by atoms with E-state index in [0.29, 0.717) is 0 Å². The maximum absolute atomic E-state index is 10.4. The fourth-order valence-electron chi connectivity index (χ4n) is 0.668. The molecule has 1 heterocycles. The van der Waals surface area contributed by atoms with Crippen LogP contribution in [0, 0.1) is 0 Å². The molecule has 0 aliphatic heterocycles. The van der Waals surface area contributed by atoms with Crippen LogP contribution in [0.2, 0.25) is 0 Å². The molecule has 0 bridgehead atoms. The van der Waals surface area contributed by atoms with E-state index in [0.717, 1.165) is 3.07 Å². The van der Waals surface area contributed by atoms with Gasteiger partial charge in [-0.25, -0.2) is 0 Å². The molecule has 0 N–H and O–H groups in total. The first kappa shape index (κ1) is 8.65. The molecule has 1 aromatic heterocycles. The van der Waals surface area contributed by atoms with Crippen LogP contribution in [0.5, 0.6) is 0 Å². The molecule has 4 heteroatoms. The molecule has 3 nitrogen and oxygen atoms in total. The summed E-state index contributed by atoms with van der Waals surface area (Å²) >= 11 is -1.58. The quantitative estimate of drug-likeness (QED) is 0.727. The standard InChI is InChI=1S/C5H4N.C2H4O2.Hg/c1-2-4-6-5-3-1;1-2(3)4;/h1-2,4-5H;1H3,(H,3,4);/q;;+1/p-1. The van der Waals surface area contributed by atoms with Crippen molar-refractivity contribution in [2.45, 2.75) is 6.92 Å². The van der Waals surface area contributed by atoms with E-state index in [4.69, 9.17) is 2.64 Å². The van der Waals surface area contributed by atoms with Gasteiger partial charge in [-0.2, -0.15) is 0 Å². The SMILES string of the molecule is CC(=O)[O][Hg][c]1cccnc1. The van der Waals surface area contributed by atoms with Crippen LogP contribution in [-0.2, 0) is 32.5 Å². The number of carbonyl (C=O) groups is 1. The molecule has 0 spiro atoms. The first-order chi connectivity index (χ1) is 5.29. The molecule has 0 unspecified atom stereocenters. The van der Waals surface area contributed by atoms with Crippen molar-refractivity contribution in [1.29, 1.82) is 0 Å². The Hall–Kier alpha value is -0.445. The number of pyridine rings is 1. The summed E-state index contributed by atoms with van der Waals surface area (Å²) in [5.74, 6) is -0.171. The van der Waals surface area contributed by atoms with E-state index in [-0.39, 0.29) is 5.97 Å². The van der Waals surface area contributed by atoms with Gasteiger partial charge < -0.3 is 0 Å². The molecule has 0 radical (unpaired) electrons. The Labute approximate surface area is 77.9 Å². The molecule has 0 aliphatic rings. The molecule has 1 rings (SSSR count). The van der Waals surface area contributed by atoms with Crippen LogP contribution >= 0.6 is 0 Å². The molecule has 0 atom stereocenters. The summed E-state index contributed by atoms with van der Waals surface area (Å²) in [5, 5.41) is 0. The van der Waals surface area contributed by atoms with E-state index in [1.807, 2.05) is 12.1 Å².